The molecule has 15 heavy (non-hydrogen) atoms. The van der Waals surface area contributed by atoms with Gasteiger partial charge in [0.2, 0.25) is 0 Å². The lowest BCUT2D eigenvalue weighted by Crippen LogP contribution is -2.19. The van der Waals surface area contributed by atoms with Gasteiger partial charge in [-0.15, -0.1) is 6.58 Å². The molecular formula is C14H22Si. The highest BCUT2D eigenvalue weighted by Gasteiger charge is 2.13. The van der Waals surface area contributed by atoms with Crippen LogP contribution in [0.3, 0.4) is 0 Å². The largest absolute Gasteiger partial charge is 0.100 e. The zero-order valence-corrected chi connectivity index (χ0v) is 11.2. The summed E-state index contributed by atoms with van der Waals surface area (Å²) in [7, 11) is -0.958. The van der Waals surface area contributed by atoms with Gasteiger partial charge in [-0.3, -0.25) is 0 Å². The SMILES string of the molecule is C=C(CCc1ccccc1)C[Si](C)(C)C. The summed E-state index contributed by atoms with van der Waals surface area (Å²) in [6.07, 6.45) is 2.29. The summed E-state index contributed by atoms with van der Waals surface area (Å²) in [5.41, 5.74) is 2.85. The van der Waals surface area contributed by atoms with Gasteiger partial charge in [0.1, 0.15) is 0 Å². The Labute approximate surface area is 95.0 Å². The lowest BCUT2D eigenvalue weighted by molar-refractivity contribution is 0.939. The van der Waals surface area contributed by atoms with Crippen LogP contribution in [0, 0.1) is 0 Å². The van der Waals surface area contributed by atoms with Crippen LogP contribution in [-0.2, 0) is 6.42 Å². The molecule has 0 heterocycles. The van der Waals surface area contributed by atoms with Gasteiger partial charge in [-0.2, -0.15) is 0 Å². The molecule has 0 spiro atoms. The van der Waals surface area contributed by atoms with E-state index in [0.29, 0.717) is 0 Å². The second-order valence-corrected chi connectivity index (χ2v) is 10.9. The van der Waals surface area contributed by atoms with Crippen molar-refractivity contribution in [3.8, 4) is 0 Å². The van der Waals surface area contributed by atoms with Gasteiger partial charge in [0.15, 0.2) is 0 Å². The zero-order valence-electron chi connectivity index (χ0n) is 10.2. The van der Waals surface area contributed by atoms with Crippen molar-refractivity contribution >= 4 is 8.07 Å². The monoisotopic (exact) mass is 218 g/mol. The van der Waals surface area contributed by atoms with Crippen molar-refractivity contribution < 1.29 is 0 Å². The number of aryl methyl sites for hydroxylation is 1. The molecule has 0 aliphatic carbocycles. The van der Waals surface area contributed by atoms with Crippen molar-refractivity contribution in [1.29, 1.82) is 0 Å². The predicted octanol–water partition coefficient (Wildman–Crippen LogP) is 4.51. The van der Waals surface area contributed by atoms with Crippen LogP contribution in [0.15, 0.2) is 42.5 Å². The molecule has 0 fully saturated rings. The van der Waals surface area contributed by atoms with Crippen LogP contribution in [0.4, 0.5) is 0 Å². The molecule has 82 valence electrons. The molecule has 0 aliphatic rings. The second-order valence-electron chi connectivity index (χ2n) is 5.47. The van der Waals surface area contributed by atoms with Crippen molar-refractivity contribution in [2.24, 2.45) is 0 Å². The van der Waals surface area contributed by atoms with Crippen molar-refractivity contribution in [2.75, 3.05) is 0 Å². The summed E-state index contributed by atoms with van der Waals surface area (Å²) in [4.78, 5) is 0. The first-order valence-electron chi connectivity index (χ1n) is 5.68. The molecule has 0 bridgehead atoms. The second kappa shape index (κ2) is 5.31. The van der Waals surface area contributed by atoms with Gasteiger partial charge in [0.25, 0.3) is 0 Å². The molecule has 0 N–H and O–H groups in total. The molecule has 1 aromatic rings. The summed E-state index contributed by atoms with van der Waals surface area (Å²) < 4.78 is 0. The fraction of sp³-hybridized carbons (Fsp3) is 0.429. The molecule has 0 saturated heterocycles. The number of hydrogen-bond donors (Lipinski definition) is 0. The van der Waals surface area contributed by atoms with Crippen LogP contribution in [0.1, 0.15) is 12.0 Å². The van der Waals surface area contributed by atoms with Crippen molar-refractivity contribution in [3.05, 3.63) is 48.0 Å². The van der Waals surface area contributed by atoms with E-state index in [0.717, 1.165) is 12.8 Å². The number of allylic oxidation sites excluding steroid dienone is 1. The highest BCUT2D eigenvalue weighted by Crippen LogP contribution is 2.19. The molecule has 1 heteroatoms. The predicted molar refractivity (Wildman–Crippen MR) is 72.1 cm³/mol. The number of rotatable bonds is 5. The maximum absolute atomic E-state index is 4.19. The quantitative estimate of drug-likeness (QED) is 0.504. The normalized spacial score (nSPS) is 11.4. The van der Waals surface area contributed by atoms with Gasteiger partial charge < -0.3 is 0 Å². The minimum absolute atomic E-state index is 0.958. The molecule has 0 atom stereocenters. The first-order valence-corrected chi connectivity index (χ1v) is 9.39. The fourth-order valence-corrected chi connectivity index (χ4v) is 3.48. The highest BCUT2D eigenvalue weighted by molar-refractivity contribution is 6.76. The lowest BCUT2D eigenvalue weighted by Gasteiger charge is -2.17. The van der Waals surface area contributed by atoms with E-state index in [1.165, 1.54) is 17.2 Å². The van der Waals surface area contributed by atoms with Gasteiger partial charge in [0, 0.05) is 8.07 Å². The molecule has 0 radical (unpaired) electrons. The lowest BCUT2D eigenvalue weighted by atomic mass is 10.1. The van der Waals surface area contributed by atoms with E-state index in [4.69, 9.17) is 0 Å². The Bertz CT molecular complexity index is 306. The van der Waals surface area contributed by atoms with E-state index in [1.807, 2.05) is 0 Å². The van der Waals surface area contributed by atoms with Crippen LogP contribution < -0.4 is 0 Å². The summed E-state index contributed by atoms with van der Waals surface area (Å²) in [6, 6.07) is 11.9. The first kappa shape index (κ1) is 12.2. The van der Waals surface area contributed by atoms with Gasteiger partial charge in [-0.25, -0.2) is 0 Å². The summed E-state index contributed by atoms with van der Waals surface area (Å²) >= 11 is 0. The summed E-state index contributed by atoms with van der Waals surface area (Å²) in [5, 5.41) is 0. The van der Waals surface area contributed by atoms with Gasteiger partial charge in [-0.05, 0) is 24.4 Å². The van der Waals surface area contributed by atoms with Crippen LogP contribution in [-0.4, -0.2) is 8.07 Å². The van der Waals surface area contributed by atoms with E-state index >= 15 is 0 Å². The van der Waals surface area contributed by atoms with E-state index in [-0.39, 0.29) is 0 Å². The van der Waals surface area contributed by atoms with E-state index in [9.17, 15) is 0 Å². The zero-order chi connectivity index (χ0) is 11.3. The topological polar surface area (TPSA) is 0 Å². The minimum Gasteiger partial charge on any atom is -0.100 e. The maximum Gasteiger partial charge on any atom is 0.0483 e. The van der Waals surface area contributed by atoms with E-state index in [2.05, 4.69) is 56.6 Å². The van der Waals surface area contributed by atoms with Crippen LogP contribution in [0.2, 0.25) is 25.7 Å². The van der Waals surface area contributed by atoms with Crippen LogP contribution in [0.5, 0.6) is 0 Å². The number of benzene rings is 1. The summed E-state index contributed by atoms with van der Waals surface area (Å²) in [6.45, 7) is 11.4. The van der Waals surface area contributed by atoms with Crippen molar-refractivity contribution in [1.82, 2.24) is 0 Å². The first-order chi connectivity index (χ1) is 6.97. The third-order valence-corrected chi connectivity index (χ3v) is 3.95. The molecule has 0 amide bonds. The van der Waals surface area contributed by atoms with Gasteiger partial charge >= 0.3 is 0 Å². The van der Waals surface area contributed by atoms with Crippen LogP contribution in [0.25, 0.3) is 0 Å². The minimum atomic E-state index is -0.958. The Balaban J connectivity index is 2.35. The average Bonchev–Trinajstić information content (AvgIpc) is 2.14. The van der Waals surface area contributed by atoms with E-state index < -0.39 is 8.07 Å². The smallest absolute Gasteiger partial charge is 0.0483 e. The highest BCUT2D eigenvalue weighted by atomic mass is 28.3. The third kappa shape index (κ3) is 5.58. The van der Waals surface area contributed by atoms with Gasteiger partial charge in [-0.1, -0.05) is 55.5 Å². The molecule has 0 nitrogen and oxygen atoms in total. The Morgan fingerprint density at radius 2 is 1.73 bits per heavy atom. The number of hydrogen-bond acceptors (Lipinski definition) is 0. The fourth-order valence-electron chi connectivity index (χ4n) is 1.80. The molecular weight excluding hydrogens is 196 g/mol. The van der Waals surface area contributed by atoms with Crippen molar-refractivity contribution in [3.63, 3.8) is 0 Å². The Hall–Kier alpha value is -0.823. The summed E-state index contributed by atoms with van der Waals surface area (Å²) in [5.74, 6) is 0. The molecule has 0 saturated carbocycles. The molecule has 0 unspecified atom stereocenters. The van der Waals surface area contributed by atoms with E-state index in [1.54, 1.807) is 0 Å². The third-order valence-electron chi connectivity index (χ3n) is 2.39. The molecule has 0 aliphatic heterocycles. The standard InChI is InChI=1S/C14H22Si/c1-13(12-15(2,3)4)10-11-14-8-6-5-7-9-14/h5-9H,1,10-12H2,2-4H3. The van der Waals surface area contributed by atoms with Crippen molar-refractivity contribution in [2.45, 2.75) is 38.5 Å². The Morgan fingerprint density at radius 3 is 2.27 bits per heavy atom. The molecule has 1 aromatic carbocycles. The van der Waals surface area contributed by atoms with Crippen LogP contribution >= 0.6 is 0 Å². The average molecular weight is 218 g/mol. The molecule has 1 rings (SSSR count). The Morgan fingerprint density at radius 1 is 1.13 bits per heavy atom. The van der Waals surface area contributed by atoms with Gasteiger partial charge in [0.05, 0.1) is 0 Å². The Kier molecular flexibility index (Phi) is 4.34. The molecule has 0 aromatic heterocycles. The maximum atomic E-state index is 4.19.